The largest absolute Gasteiger partial charge is 0.492 e. The molecule has 2 aliphatic rings. The molecule has 3 heterocycles. The van der Waals surface area contributed by atoms with E-state index in [4.69, 9.17) is 9.47 Å². The zero-order chi connectivity index (χ0) is 24.6. The molecule has 11 nitrogen and oxygen atoms in total. The fourth-order valence-corrected chi connectivity index (χ4v) is 6.56. The molecular weight excluding hydrogens is 533 g/mol. The number of piperidine rings is 1. The van der Waals surface area contributed by atoms with Crippen LogP contribution in [0.15, 0.2) is 18.3 Å². The van der Waals surface area contributed by atoms with Gasteiger partial charge in [-0.2, -0.15) is 4.31 Å². The van der Waals surface area contributed by atoms with E-state index in [2.05, 4.69) is 16.8 Å². The summed E-state index contributed by atoms with van der Waals surface area (Å²) in [6.07, 6.45) is 3.97. The average molecular weight is 573 g/mol. The van der Waals surface area contributed by atoms with E-state index in [9.17, 15) is 18.4 Å². The number of anilines is 1. The van der Waals surface area contributed by atoms with E-state index in [-0.39, 0.29) is 50.7 Å². The van der Waals surface area contributed by atoms with E-state index >= 15 is 0 Å². The van der Waals surface area contributed by atoms with Crippen LogP contribution in [0.2, 0.25) is 0 Å². The predicted octanol–water partition coefficient (Wildman–Crippen LogP) is 1.54. The molecule has 0 aromatic carbocycles. The number of piperazine rings is 1. The summed E-state index contributed by atoms with van der Waals surface area (Å²) in [5.74, 6) is 0.614. The summed E-state index contributed by atoms with van der Waals surface area (Å²) in [5.41, 5.74) is 1.62. The third kappa shape index (κ3) is 7.33. The highest BCUT2D eigenvalue weighted by Crippen LogP contribution is 2.34. The van der Waals surface area contributed by atoms with Crippen molar-refractivity contribution in [3.63, 3.8) is 0 Å². The van der Waals surface area contributed by atoms with Crippen LogP contribution in [0.4, 0.5) is 5.82 Å². The molecule has 1 amide bonds. The van der Waals surface area contributed by atoms with Crippen LogP contribution in [0, 0.1) is 0 Å². The molecule has 2 N–H and O–H groups in total. The Labute approximate surface area is 226 Å². The van der Waals surface area contributed by atoms with E-state index in [1.165, 1.54) is 4.31 Å². The Kier molecular flexibility index (Phi) is 13.7. The number of hydroxylamine groups is 1. The van der Waals surface area contributed by atoms with Crippen molar-refractivity contribution in [1.29, 1.82) is 0 Å². The minimum atomic E-state index is -3.99. The SMILES string of the molecule is CCCCOc1ccc(N2CCN(S(=O)(=O)C3(C(=O)NO)CCN(CCOC)CC3)CC2)nc1.Cl.Cl. The molecular formula is C22H39Cl2N5O6S. The molecule has 1 aromatic rings. The average Bonchev–Trinajstić information content (AvgIpc) is 2.88. The maximum absolute atomic E-state index is 13.7. The maximum atomic E-state index is 13.7. The topological polar surface area (TPSA) is 125 Å². The third-order valence-electron chi connectivity index (χ3n) is 6.67. The molecule has 2 fully saturated rings. The number of hydrogen-bond acceptors (Lipinski definition) is 9. The van der Waals surface area contributed by atoms with Gasteiger partial charge in [0.25, 0.3) is 5.91 Å². The van der Waals surface area contributed by atoms with Crippen LogP contribution in [-0.2, 0) is 19.6 Å². The van der Waals surface area contributed by atoms with E-state index in [0.29, 0.717) is 51.7 Å². The number of ether oxygens (including phenoxy) is 2. The summed E-state index contributed by atoms with van der Waals surface area (Å²) >= 11 is 0. The molecule has 0 spiro atoms. The van der Waals surface area contributed by atoms with Crippen LogP contribution in [-0.4, -0.2) is 105 Å². The van der Waals surface area contributed by atoms with Crippen LogP contribution < -0.4 is 15.1 Å². The molecule has 2 saturated heterocycles. The van der Waals surface area contributed by atoms with Crippen molar-refractivity contribution in [3.8, 4) is 5.75 Å². The van der Waals surface area contributed by atoms with Gasteiger partial charge in [-0.3, -0.25) is 10.0 Å². The summed E-state index contributed by atoms with van der Waals surface area (Å²) in [7, 11) is -2.38. The first-order chi connectivity index (χ1) is 16.4. The molecule has 14 heteroatoms. The first kappa shape index (κ1) is 32.6. The fourth-order valence-electron chi connectivity index (χ4n) is 4.45. The number of sulfonamides is 1. The van der Waals surface area contributed by atoms with Crippen LogP contribution in [0.3, 0.4) is 0 Å². The van der Waals surface area contributed by atoms with Crippen molar-refractivity contribution in [1.82, 2.24) is 19.7 Å². The number of methoxy groups -OCH3 is 1. The van der Waals surface area contributed by atoms with Gasteiger partial charge in [0.2, 0.25) is 10.0 Å². The van der Waals surface area contributed by atoms with Crippen molar-refractivity contribution < 1.29 is 27.9 Å². The molecule has 0 bridgehead atoms. The smallest absolute Gasteiger partial charge is 0.266 e. The van der Waals surface area contributed by atoms with Crippen molar-refractivity contribution in [3.05, 3.63) is 18.3 Å². The van der Waals surface area contributed by atoms with Gasteiger partial charge in [0.15, 0.2) is 4.75 Å². The molecule has 208 valence electrons. The molecule has 0 saturated carbocycles. The second kappa shape index (κ2) is 15.1. The Morgan fingerprint density at radius 3 is 2.31 bits per heavy atom. The number of unbranched alkanes of at least 4 members (excludes halogenated alkanes) is 1. The summed E-state index contributed by atoms with van der Waals surface area (Å²) in [6.45, 7) is 6.24. The lowest BCUT2D eigenvalue weighted by atomic mass is 9.95. The number of carbonyl (C=O) groups excluding carboxylic acids is 1. The third-order valence-corrected chi connectivity index (χ3v) is 9.30. The monoisotopic (exact) mass is 571 g/mol. The van der Waals surface area contributed by atoms with Gasteiger partial charge < -0.3 is 19.3 Å². The lowest BCUT2D eigenvalue weighted by Crippen LogP contribution is -2.63. The van der Waals surface area contributed by atoms with Crippen molar-refractivity contribution in [2.24, 2.45) is 0 Å². The van der Waals surface area contributed by atoms with Gasteiger partial charge in [0, 0.05) is 52.9 Å². The van der Waals surface area contributed by atoms with Crippen LogP contribution >= 0.6 is 24.8 Å². The van der Waals surface area contributed by atoms with Gasteiger partial charge in [0.1, 0.15) is 11.6 Å². The van der Waals surface area contributed by atoms with Crippen LogP contribution in [0.25, 0.3) is 0 Å². The van der Waals surface area contributed by atoms with Crippen molar-refractivity contribution in [2.45, 2.75) is 37.4 Å². The van der Waals surface area contributed by atoms with Gasteiger partial charge in [-0.1, -0.05) is 13.3 Å². The minimum absolute atomic E-state index is 0. The lowest BCUT2D eigenvalue weighted by Gasteiger charge is -2.43. The van der Waals surface area contributed by atoms with Gasteiger partial charge >= 0.3 is 0 Å². The normalized spacial score (nSPS) is 18.6. The first-order valence-corrected chi connectivity index (χ1v) is 13.3. The summed E-state index contributed by atoms with van der Waals surface area (Å²) in [4.78, 5) is 21.2. The number of aromatic nitrogens is 1. The quantitative estimate of drug-likeness (QED) is 0.231. The number of rotatable bonds is 11. The number of halogens is 2. The summed E-state index contributed by atoms with van der Waals surface area (Å²) < 4.78 is 37.8. The lowest BCUT2D eigenvalue weighted by molar-refractivity contribution is -0.133. The Bertz CT molecular complexity index is 893. The second-order valence-electron chi connectivity index (χ2n) is 8.71. The standard InChI is InChI=1S/C22H37N5O6S.2ClH/c1-3-4-16-33-19-5-6-20(23-18-19)26-11-13-27(14-12-26)34(30,31)22(21(28)24-29)7-9-25(10-8-22)15-17-32-2;;/h5-6,18,29H,3-4,7-17H2,1-2H3,(H,24,28);2*1H. The number of carbonyl (C=O) groups is 1. The molecule has 0 aliphatic carbocycles. The Hall–Kier alpha value is -1.41. The predicted molar refractivity (Wildman–Crippen MR) is 142 cm³/mol. The Morgan fingerprint density at radius 2 is 1.78 bits per heavy atom. The van der Waals surface area contributed by atoms with Gasteiger partial charge in [0.05, 0.1) is 19.4 Å². The van der Waals surface area contributed by atoms with Crippen LogP contribution in [0.1, 0.15) is 32.6 Å². The number of hydrogen-bond donors (Lipinski definition) is 2. The summed E-state index contributed by atoms with van der Waals surface area (Å²) in [6, 6.07) is 3.75. The van der Waals surface area contributed by atoms with Gasteiger partial charge in [-0.25, -0.2) is 18.9 Å². The van der Waals surface area contributed by atoms with E-state index in [1.807, 2.05) is 17.0 Å². The Morgan fingerprint density at radius 1 is 1.11 bits per heavy atom. The van der Waals surface area contributed by atoms with Gasteiger partial charge in [-0.05, 0) is 31.4 Å². The molecule has 0 radical (unpaired) electrons. The number of pyridine rings is 1. The minimum Gasteiger partial charge on any atom is -0.492 e. The van der Waals surface area contributed by atoms with Crippen LogP contribution in [0.5, 0.6) is 5.75 Å². The highest BCUT2D eigenvalue weighted by atomic mass is 35.5. The molecule has 36 heavy (non-hydrogen) atoms. The molecule has 2 aliphatic heterocycles. The highest BCUT2D eigenvalue weighted by molar-refractivity contribution is 7.91. The first-order valence-electron chi connectivity index (χ1n) is 11.9. The second-order valence-corrected chi connectivity index (χ2v) is 11.0. The summed E-state index contributed by atoms with van der Waals surface area (Å²) in [5, 5.41) is 9.36. The Balaban J connectivity index is 0.00000324. The molecule has 0 unspecified atom stereocenters. The van der Waals surface area contributed by atoms with Crippen molar-refractivity contribution in [2.75, 3.05) is 71.0 Å². The number of nitrogens with one attached hydrogen (secondary N) is 1. The zero-order valence-corrected chi connectivity index (χ0v) is 23.4. The fraction of sp³-hybridized carbons (Fsp3) is 0.727. The van der Waals surface area contributed by atoms with Gasteiger partial charge in [-0.15, -0.1) is 24.8 Å². The number of likely N-dealkylation sites (tertiary alicyclic amines) is 1. The molecule has 3 rings (SSSR count). The number of nitrogens with zero attached hydrogens (tertiary/aromatic N) is 4. The van der Waals surface area contributed by atoms with E-state index in [1.54, 1.807) is 18.8 Å². The maximum Gasteiger partial charge on any atom is 0.266 e. The van der Waals surface area contributed by atoms with E-state index < -0.39 is 20.7 Å². The highest BCUT2D eigenvalue weighted by Gasteiger charge is 2.55. The molecule has 1 aromatic heterocycles. The number of amides is 1. The van der Waals surface area contributed by atoms with E-state index in [0.717, 1.165) is 18.7 Å². The zero-order valence-electron chi connectivity index (χ0n) is 20.9. The van der Waals surface area contributed by atoms with Crippen molar-refractivity contribution >= 4 is 46.6 Å². The molecule has 0 atom stereocenters.